The van der Waals surface area contributed by atoms with E-state index in [2.05, 4.69) is 21.2 Å². The Morgan fingerprint density at radius 3 is 2.44 bits per heavy atom. The Morgan fingerprint density at radius 2 is 1.92 bits per heavy atom. The minimum atomic E-state index is -1.02. The van der Waals surface area contributed by atoms with Crippen molar-refractivity contribution >= 4 is 39.1 Å². The molecular formula is C17H16BrF2NO3S. The van der Waals surface area contributed by atoms with Crippen molar-refractivity contribution in [3.8, 4) is 0 Å². The fourth-order valence-corrected chi connectivity index (χ4v) is 3.29. The Hall–Kier alpha value is -1.80. The highest BCUT2D eigenvalue weighted by Gasteiger charge is 2.28. The summed E-state index contributed by atoms with van der Waals surface area (Å²) in [5.41, 5.74) is 0.0851. The number of carbonyl (C=O) groups excluding carboxylic acids is 2. The maximum absolute atomic E-state index is 13.7. The van der Waals surface area contributed by atoms with Gasteiger partial charge >= 0.3 is 5.97 Å². The molecule has 4 nitrogen and oxygen atoms in total. The molecule has 2 rings (SSSR count). The van der Waals surface area contributed by atoms with E-state index in [0.717, 1.165) is 27.5 Å². The monoisotopic (exact) mass is 431 g/mol. The van der Waals surface area contributed by atoms with Crippen LogP contribution in [0.3, 0.4) is 0 Å². The molecule has 0 saturated heterocycles. The van der Waals surface area contributed by atoms with Crippen LogP contribution in [0, 0.1) is 17.6 Å². The first kappa shape index (κ1) is 19.5. The Morgan fingerprint density at radius 1 is 1.28 bits per heavy atom. The molecule has 1 heterocycles. The highest BCUT2D eigenvalue weighted by atomic mass is 79.9. The second kappa shape index (κ2) is 8.53. The molecule has 0 bridgehead atoms. The van der Waals surface area contributed by atoms with Gasteiger partial charge < -0.3 is 10.1 Å². The van der Waals surface area contributed by atoms with E-state index in [1.807, 2.05) is 11.4 Å². The minimum Gasteiger partial charge on any atom is -0.459 e. The molecule has 0 saturated carbocycles. The molecule has 1 aromatic carbocycles. The van der Waals surface area contributed by atoms with Crippen molar-refractivity contribution in [1.29, 1.82) is 0 Å². The topological polar surface area (TPSA) is 55.4 Å². The maximum Gasteiger partial charge on any atom is 0.329 e. The van der Waals surface area contributed by atoms with Crippen molar-refractivity contribution in [3.05, 3.63) is 56.2 Å². The van der Waals surface area contributed by atoms with E-state index in [4.69, 9.17) is 4.74 Å². The number of halogens is 3. The summed E-state index contributed by atoms with van der Waals surface area (Å²) in [5, 5.41) is 4.18. The number of amides is 1. The maximum atomic E-state index is 13.7. The zero-order chi connectivity index (χ0) is 18.6. The third-order valence-electron chi connectivity index (χ3n) is 3.40. The lowest BCUT2D eigenvalue weighted by atomic mass is 10.0. The van der Waals surface area contributed by atoms with Crippen LogP contribution in [0.2, 0.25) is 0 Å². The van der Waals surface area contributed by atoms with Crippen LogP contribution in [-0.2, 0) is 16.1 Å². The highest BCUT2D eigenvalue weighted by Crippen LogP contribution is 2.21. The van der Waals surface area contributed by atoms with E-state index in [9.17, 15) is 18.4 Å². The fourth-order valence-electron chi connectivity index (χ4n) is 2.09. The summed E-state index contributed by atoms with van der Waals surface area (Å²) in [5.74, 6) is -3.96. The number of hydrogen-bond donors (Lipinski definition) is 1. The Labute approximate surface area is 156 Å². The SMILES string of the molecule is CC(C)[C@H](NC(=O)c1c(F)cccc1F)C(=O)OCc1csc(Br)c1. The quantitative estimate of drug-likeness (QED) is 0.694. The minimum absolute atomic E-state index is 0.0497. The summed E-state index contributed by atoms with van der Waals surface area (Å²) in [6.07, 6.45) is 0. The molecular weight excluding hydrogens is 416 g/mol. The van der Waals surface area contributed by atoms with E-state index in [0.29, 0.717) is 0 Å². The molecule has 1 atom stereocenters. The Kier molecular flexibility index (Phi) is 6.66. The number of benzene rings is 1. The molecule has 25 heavy (non-hydrogen) atoms. The van der Waals surface area contributed by atoms with Crippen LogP contribution in [0.4, 0.5) is 8.78 Å². The standard InChI is InChI=1S/C17H16BrF2NO3S/c1-9(2)15(17(23)24-7-10-6-13(18)25-8-10)21-16(22)14-11(19)4-3-5-12(14)20/h3-6,8-9,15H,7H2,1-2H3,(H,21,22)/t15-/m0/s1. The number of esters is 1. The van der Waals surface area contributed by atoms with Gasteiger partial charge in [0, 0.05) is 5.56 Å². The number of thiophene rings is 1. The first-order valence-corrected chi connectivity index (χ1v) is 9.11. The average Bonchev–Trinajstić information content (AvgIpc) is 2.95. The zero-order valence-electron chi connectivity index (χ0n) is 13.5. The summed E-state index contributed by atoms with van der Waals surface area (Å²) >= 11 is 4.77. The van der Waals surface area contributed by atoms with Gasteiger partial charge in [0.25, 0.3) is 5.91 Å². The molecule has 134 valence electrons. The van der Waals surface area contributed by atoms with Crippen LogP contribution in [0.1, 0.15) is 29.8 Å². The van der Waals surface area contributed by atoms with Crippen LogP contribution in [0.5, 0.6) is 0 Å². The molecule has 0 fully saturated rings. The predicted octanol–water partition coefficient (Wildman–Crippen LogP) is 4.29. The van der Waals surface area contributed by atoms with Gasteiger partial charge in [-0.05, 0) is 45.4 Å². The van der Waals surface area contributed by atoms with Crippen molar-refractivity contribution in [3.63, 3.8) is 0 Å². The van der Waals surface area contributed by atoms with Crippen molar-refractivity contribution in [2.24, 2.45) is 5.92 Å². The van der Waals surface area contributed by atoms with Gasteiger partial charge in [0.1, 0.15) is 29.8 Å². The summed E-state index contributed by atoms with van der Waals surface area (Å²) in [6.45, 7) is 3.45. The summed E-state index contributed by atoms with van der Waals surface area (Å²) in [6, 6.07) is 3.92. The van der Waals surface area contributed by atoms with Gasteiger partial charge in [0.15, 0.2) is 0 Å². The smallest absolute Gasteiger partial charge is 0.329 e. The molecule has 2 aromatic rings. The molecule has 0 unspecified atom stereocenters. The van der Waals surface area contributed by atoms with Crippen LogP contribution >= 0.6 is 27.3 Å². The van der Waals surface area contributed by atoms with E-state index in [-0.39, 0.29) is 12.5 Å². The average molecular weight is 432 g/mol. The molecule has 1 N–H and O–H groups in total. The Bertz CT molecular complexity index is 759. The van der Waals surface area contributed by atoms with Gasteiger partial charge in [-0.3, -0.25) is 4.79 Å². The second-order valence-corrected chi connectivity index (χ2v) is 7.95. The van der Waals surface area contributed by atoms with Gasteiger partial charge in [0.05, 0.1) is 3.79 Å². The molecule has 0 aliphatic heterocycles. The third kappa shape index (κ3) is 5.09. The number of rotatable bonds is 6. The van der Waals surface area contributed by atoms with Crippen LogP contribution < -0.4 is 5.32 Å². The second-order valence-electron chi connectivity index (χ2n) is 5.66. The first-order chi connectivity index (χ1) is 11.8. The summed E-state index contributed by atoms with van der Waals surface area (Å²) in [4.78, 5) is 24.4. The number of hydrogen-bond acceptors (Lipinski definition) is 4. The Balaban J connectivity index is 2.07. The van der Waals surface area contributed by atoms with Gasteiger partial charge in [-0.25, -0.2) is 13.6 Å². The molecule has 0 radical (unpaired) electrons. The normalized spacial score (nSPS) is 12.1. The lowest BCUT2D eigenvalue weighted by Crippen LogP contribution is -2.45. The van der Waals surface area contributed by atoms with Crippen molar-refractivity contribution in [1.82, 2.24) is 5.32 Å². The third-order valence-corrected chi connectivity index (χ3v) is 4.95. The summed E-state index contributed by atoms with van der Waals surface area (Å²) in [7, 11) is 0. The molecule has 1 aromatic heterocycles. The van der Waals surface area contributed by atoms with E-state index < -0.39 is 35.1 Å². The number of carbonyl (C=O) groups is 2. The number of ether oxygens (including phenoxy) is 1. The lowest BCUT2D eigenvalue weighted by molar-refractivity contribution is -0.148. The fraction of sp³-hybridized carbons (Fsp3) is 0.294. The van der Waals surface area contributed by atoms with Gasteiger partial charge in [-0.1, -0.05) is 19.9 Å². The molecule has 1 amide bonds. The van der Waals surface area contributed by atoms with E-state index in [1.165, 1.54) is 11.3 Å². The molecule has 0 spiro atoms. The molecule has 8 heteroatoms. The van der Waals surface area contributed by atoms with Crippen molar-refractivity contribution in [2.45, 2.75) is 26.5 Å². The number of nitrogens with one attached hydrogen (secondary N) is 1. The van der Waals surface area contributed by atoms with Crippen LogP contribution in [-0.4, -0.2) is 17.9 Å². The molecule has 0 aliphatic rings. The lowest BCUT2D eigenvalue weighted by Gasteiger charge is -2.21. The van der Waals surface area contributed by atoms with E-state index in [1.54, 1.807) is 13.8 Å². The first-order valence-electron chi connectivity index (χ1n) is 7.44. The van der Waals surface area contributed by atoms with E-state index >= 15 is 0 Å². The van der Waals surface area contributed by atoms with Crippen LogP contribution in [0.25, 0.3) is 0 Å². The highest BCUT2D eigenvalue weighted by molar-refractivity contribution is 9.11. The largest absolute Gasteiger partial charge is 0.459 e. The predicted molar refractivity (Wildman–Crippen MR) is 94.3 cm³/mol. The summed E-state index contributed by atoms with van der Waals surface area (Å²) < 4.78 is 33.5. The zero-order valence-corrected chi connectivity index (χ0v) is 15.9. The van der Waals surface area contributed by atoms with Gasteiger partial charge in [-0.15, -0.1) is 11.3 Å². The van der Waals surface area contributed by atoms with Gasteiger partial charge in [-0.2, -0.15) is 0 Å². The van der Waals surface area contributed by atoms with Crippen molar-refractivity contribution in [2.75, 3.05) is 0 Å². The van der Waals surface area contributed by atoms with Crippen molar-refractivity contribution < 1.29 is 23.1 Å². The molecule has 0 aliphatic carbocycles. The van der Waals surface area contributed by atoms with Gasteiger partial charge in [0.2, 0.25) is 0 Å². The van der Waals surface area contributed by atoms with Crippen LogP contribution in [0.15, 0.2) is 33.4 Å².